The lowest BCUT2D eigenvalue weighted by Gasteiger charge is -2.20. The van der Waals surface area contributed by atoms with Crippen molar-refractivity contribution in [3.8, 4) is 6.07 Å². The molecule has 2 aromatic carbocycles. The summed E-state index contributed by atoms with van der Waals surface area (Å²) in [6.07, 6.45) is -0.707. The van der Waals surface area contributed by atoms with Crippen molar-refractivity contribution < 1.29 is 9.90 Å². The average Bonchev–Trinajstić information content (AvgIpc) is 2.58. The quantitative estimate of drug-likeness (QED) is 0.803. The van der Waals surface area contributed by atoms with E-state index in [1.54, 1.807) is 18.2 Å². The van der Waals surface area contributed by atoms with Crippen molar-refractivity contribution in [2.24, 2.45) is 0 Å². The molecule has 0 bridgehead atoms. The summed E-state index contributed by atoms with van der Waals surface area (Å²) in [6, 6.07) is 14.9. The summed E-state index contributed by atoms with van der Waals surface area (Å²) < 4.78 is 0. The van der Waals surface area contributed by atoms with E-state index in [2.05, 4.69) is 32.2 Å². The van der Waals surface area contributed by atoms with Gasteiger partial charge in [0.05, 0.1) is 17.4 Å². The maximum absolute atomic E-state index is 11.5. The van der Waals surface area contributed by atoms with Gasteiger partial charge in [-0.1, -0.05) is 45.0 Å². The van der Waals surface area contributed by atoms with E-state index in [0.29, 0.717) is 16.8 Å². The van der Waals surface area contributed by atoms with Crippen molar-refractivity contribution in [2.45, 2.75) is 39.2 Å². The van der Waals surface area contributed by atoms with Gasteiger partial charge in [0.25, 0.3) is 0 Å². The van der Waals surface area contributed by atoms with Crippen LogP contribution >= 0.6 is 0 Å². The van der Waals surface area contributed by atoms with Crippen LogP contribution in [-0.4, -0.2) is 17.4 Å². The third kappa shape index (κ3) is 4.68. The zero-order chi connectivity index (χ0) is 18.6. The Morgan fingerprint density at radius 2 is 1.84 bits per heavy atom. The fourth-order valence-electron chi connectivity index (χ4n) is 2.54. The lowest BCUT2D eigenvalue weighted by atomic mass is 9.86. The van der Waals surface area contributed by atoms with Gasteiger partial charge in [-0.25, -0.2) is 0 Å². The Hall–Kier alpha value is -2.64. The predicted octanol–water partition coefficient (Wildman–Crippen LogP) is 4.20. The number of nitrogens with zero attached hydrogens (tertiary/aromatic N) is 1. The third-order valence-electron chi connectivity index (χ3n) is 4.19. The standard InChI is InChI=1S/C21H24N2O2/c1-14(24)16-5-6-17(12-22)19(11-16)23-13-20(25)15-7-9-18(10-8-15)21(2,3)4/h5-11,20,23,25H,13H2,1-4H3. The topological polar surface area (TPSA) is 73.1 Å². The number of aliphatic hydroxyl groups excluding tert-OH is 1. The zero-order valence-corrected chi connectivity index (χ0v) is 15.1. The number of carbonyl (C=O) groups excluding carboxylic acids is 1. The van der Waals surface area contributed by atoms with Crippen molar-refractivity contribution in [3.05, 3.63) is 64.7 Å². The molecule has 0 spiro atoms. The molecule has 4 nitrogen and oxygen atoms in total. The van der Waals surface area contributed by atoms with Crippen LogP contribution in [-0.2, 0) is 5.41 Å². The Morgan fingerprint density at radius 3 is 2.36 bits per heavy atom. The van der Waals surface area contributed by atoms with Crippen LogP contribution in [0.1, 0.15) is 60.8 Å². The Morgan fingerprint density at radius 1 is 1.20 bits per heavy atom. The number of hydrogen-bond acceptors (Lipinski definition) is 4. The first-order valence-corrected chi connectivity index (χ1v) is 8.30. The minimum absolute atomic E-state index is 0.0640. The Bertz CT molecular complexity index is 796. The van der Waals surface area contributed by atoms with Crippen LogP contribution in [0.15, 0.2) is 42.5 Å². The van der Waals surface area contributed by atoms with E-state index in [4.69, 9.17) is 0 Å². The van der Waals surface area contributed by atoms with Gasteiger partial charge in [-0.2, -0.15) is 5.26 Å². The lowest BCUT2D eigenvalue weighted by molar-refractivity contribution is 0.101. The van der Waals surface area contributed by atoms with E-state index >= 15 is 0 Å². The van der Waals surface area contributed by atoms with Crippen molar-refractivity contribution in [1.82, 2.24) is 0 Å². The molecule has 0 saturated heterocycles. The Labute approximate surface area is 149 Å². The fourth-order valence-corrected chi connectivity index (χ4v) is 2.54. The number of ketones is 1. The number of aliphatic hydroxyl groups is 1. The van der Waals surface area contributed by atoms with E-state index < -0.39 is 6.10 Å². The summed E-state index contributed by atoms with van der Waals surface area (Å²) in [6.45, 7) is 8.17. The minimum Gasteiger partial charge on any atom is -0.387 e. The summed E-state index contributed by atoms with van der Waals surface area (Å²) in [4.78, 5) is 11.5. The summed E-state index contributed by atoms with van der Waals surface area (Å²) in [5, 5.41) is 22.7. The molecule has 0 aliphatic carbocycles. The first kappa shape index (κ1) is 18.7. The van der Waals surface area contributed by atoms with E-state index in [1.165, 1.54) is 12.5 Å². The van der Waals surface area contributed by atoms with Crippen LogP contribution in [0.4, 0.5) is 5.69 Å². The van der Waals surface area contributed by atoms with Crippen LogP contribution in [0, 0.1) is 11.3 Å². The van der Waals surface area contributed by atoms with E-state index in [-0.39, 0.29) is 17.7 Å². The van der Waals surface area contributed by atoms with Crippen molar-refractivity contribution in [1.29, 1.82) is 5.26 Å². The van der Waals surface area contributed by atoms with Gasteiger partial charge >= 0.3 is 0 Å². The van der Waals surface area contributed by atoms with Crippen molar-refractivity contribution >= 4 is 11.5 Å². The number of rotatable bonds is 5. The monoisotopic (exact) mass is 336 g/mol. The summed E-state index contributed by atoms with van der Waals surface area (Å²) >= 11 is 0. The number of carbonyl (C=O) groups is 1. The molecule has 130 valence electrons. The smallest absolute Gasteiger partial charge is 0.159 e. The second kappa shape index (κ2) is 7.50. The third-order valence-corrected chi connectivity index (χ3v) is 4.19. The van der Waals surface area contributed by atoms with Gasteiger partial charge in [0.15, 0.2) is 5.78 Å². The highest BCUT2D eigenvalue weighted by atomic mass is 16.3. The summed E-state index contributed by atoms with van der Waals surface area (Å²) in [5.74, 6) is -0.0640. The molecule has 4 heteroatoms. The average molecular weight is 336 g/mol. The number of Topliss-reactive ketones (excluding diaryl/α,β-unsaturated/α-hetero) is 1. The van der Waals surface area contributed by atoms with Crippen molar-refractivity contribution in [3.63, 3.8) is 0 Å². The van der Waals surface area contributed by atoms with E-state index in [0.717, 1.165) is 5.56 Å². The van der Waals surface area contributed by atoms with Crippen LogP contribution < -0.4 is 5.32 Å². The molecule has 0 aliphatic rings. The first-order valence-electron chi connectivity index (χ1n) is 8.30. The molecule has 0 saturated carbocycles. The molecule has 25 heavy (non-hydrogen) atoms. The molecule has 1 atom stereocenters. The highest BCUT2D eigenvalue weighted by Crippen LogP contribution is 2.24. The molecule has 2 N–H and O–H groups in total. The van der Waals surface area contributed by atoms with Crippen LogP contribution in [0.25, 0.3) is 0 Å². The molecular weight excluding hydrogens is 312 g/mol. The van der Waals surface area contributed by atoms with E-state index in [1.807, 2.05) is 24.3 Å². The summed E-state index contributed by atoms with van der Waals surface area (Å²) in [5.41, 5.74) is 3.61. The second-order valence-corrected chi connectivity index (χ2v) is 7.20. The fraction of sp³-hybridized carbons (Fsp3) is 0.333. The molecule has 0 radical (unpaired) electrons. The van der Waals surface area contributed by atoms with Gasteiger partial charge in [-0.15, -0.1) is 0 Å². The molecule has 2 rings (SSSR count). The number of anilines is 1. The predicted molar refractivity (Wildman–Crippen MR) is 99.8 cm³/mol. The van der Waals surface area contributed by atoms with Gasteiger partial charge in [0, 0.05) is 12.1 Å². The van der Waals surface area contributed by atoms with Crippen LogP contribution in [0.5, 0.6) is 0 Å². The molecule has 0 aromatic heterocycles. The van der Waals surface area contributed by atoms with Gasteiger partial charge in [-0.05, 0) is 41.7 Å². The van der Waals surface area contributed by atoms with Gasteiger partial charge in [0.1, 0.15) is 6.07 Å². The van der Waals surface area contributed by atoms with Crippen LogP contribution in [0.2, 0.25) is 0 Å². The SMILES string of the molecule is CC(=O)c1ccc(C#N)c(NCC(O)c2ccc(C(C)(C)C)cc2)c1. The largest absolute Gasteiger partial charge is 0.387 e. The second-order valence-electron chi connectivity index (χ2n) is 7.20. The normalized spacial score (nSPS) is 12.3. The van der Waals surface area contributed by atoms with Gasteiger partial charge in [0.2, 0.25) is 0 Å². The summed E-state index contributed by atoms with van der Waals surface area (Å²) in [7, 11) is 0. The Balaban J connectivity index is 2.12. The maximum Gasteiger partial charge on any atom is 0.159 e. The van der Waals surface area contributed by atoms with Crippen molar-refractivity contribution in [2.75, 3.05) is 11.9 Å². The number of nitrogens with one attached hydrogen (secondary N) is 1. The minimum atomic E-state index is -0.707. The molecule has 1 unspecified atom stereocenters. The molecule has 0 aliphatic heterocycles. The zero-order valence-electron chi connectivity index (χ0n) is 15.1. The van der Waals surface area contributed by atoms with Crippen LogP contribution in [0.3, 0.4) is 0 Å². The Kier molecular flexibility index (Phi) is 5.61. The van der Waals surface area contributed by atoms with Gasteiger partial charge in [-0.3, -0.25) is 4.79 Å². The van der Waals surface area contributed by atoms with E-state index in [9.17, 15) is 15.2 Å². The lowest BCUT2D eigenvalue weighted by Crippen LogP contribution is -2.14. The van der Waals surface area contributed by atoms with Gasteiger partial charge < -0.3 is 10.4 Å². The number of nitriles is 1. The first-order chi connectivity index (χ1) is 11.7. The highest BCUT2D eigenvalue weighted by Gasteiger charge is 2.15. The molecule has 0 fully saturated rings. The molecule has 0 heterocycles. The molecule has 2 aromatic rings. The number of hydrogen-bond donors (Lipinski definition) is 2. The number of benzene rings is 2. The maximum atomic E-state index is 11.5. The molecule has 0 amide bonds. The highest BCUT2D eigenvalue weighted by molar-refractivity contribution is 5.95. The molecular formula is C21H24N2O2.